The Labute approximate surface area is 82.7 Å². The van der Waals surface area contributed by atoms with Crippen molar-refractivity contribution >= 4 is 15.9 Å². The summed E-state index contributed by atoms with van der Waals surface area (Å²) < 4.78 is 6.51. The van der Waals surface area contributed by atoms with Gasteiger partial charge >= 0.3 is 0 Å². The molecule has 1 fully saturated rings. The molecule has 0 N–H and O–H groups in total. The number of hydrogen-bond donors (Lipinski definition) is 0. The van der Waals surface area contributed by atoms with Crippen LogP contribution in [0.1, 0.15) is 13.3 Å². The lowest BCUT2D eigenvalue weighted by Crippen LogP contribution is -2.37. The lowest BCUT2D eigenvalue weighted by molar-refractivity contribution is 0.0872. The van der Waals surface area contributed by atoms with Crippen molar-refractivity contribution in [3.05, 3.63) is 11.1 Å². The lowest BCUT2D eigenvalue weighted by Gasteiger charge is -2.25. The van der Waals surface area contributed by atoms with Crippen molar-refractivity contribution in [2.75, 3.05) is 20.2 Å². The maximum atomic E-state index is 5.48. The van der Waals surface area contributed by atoms with Gasteiger partial charge in [-0.2, -0.15) is 0 Å². The van der Waals surface area contributed by atoms with Crippen molar-refractivity contribution in [1.29, 1.82) is 0 Å². The van der Waals surface area contributed by atoms with Crippen LogP contribution in [0.15, 0.2) is 11.1 Å². The fourth-order valence-corrected chi connectivity index (χ4v) is 2.08. The van der Waals surface area contributed by atoms with Gasteiger partial charge in [0.25, 0.3) is 0 Å². The molecule has 0 radical (unpaired) electrons. The van der Waals surface area contributed by atoms with E-state index in [0.29, 0.717) is 12.1 Å². The molecule has 70 valence electrons. The molecule has 1 heterocycles. The number of ether oxygens (including phenoxy) is 1. The third-order valence-electron chi connectivity index (χ3n) is 2.32. The SMILES string of the molecule is C=C(Br)CN(C)C1CCOC1C. The number of rotatable bonds is 3. The third kappa shape index (κ3) is 2.57. The zero-order valence-corrected chi connectivity index (χ0v) is 9.30. The average molecular weight is 234 g/mol. The van der Waals surface area contributed by atoms with E-state index in [1.165, 1.54) is 0 Å². The van der Waals surface area contributed by atoms with E-state index >= 15 is 0 Å². The van der Waals surface area contributed by atoms with Crippen molar-refractivity contribution in [2.45, 2.75) is 25.5 Å². The highest BCUT2D eigenvalue weighted by atomic mass is 79.9. The topological polar surface area (TPSA) is 12.5 Å². The van der Waals surface area contributed by atoms with Gasteiger partial charge in [0.05, 0.1) is 6.10 Å². The molecule has 0 aliphatic carbocycles. The van der Waals surface area contributed by atoms with Crippen molar-refractivity contribution in [3.8, 4) is 0 Å². The lowest BCUT2D eigenvalue weighted by atomic mass is 10.1. The van der Waals surface area contributed by atoms with Crippen LogP contribution in [-0.4, -0.2) is 37.2 Å². The smallest absolute Gasteiger partial charge is 0.0703 e. The first-order chi connectivity index (χ1) is 5.61. The van der Waals surface area contributed by atoms with Gasteiger partial charge in [-0.25, -0.2) is 0 Å². The van der Waals surface area contributed by atoms with E-state index < -0.39 is 0 Å². The Morgan fingerprint density at radius 1 is 1.75 bits per heavy atom. The fraction of sp³-hybridized carbons (Fsp3) is 0.778. The Morgan fingerprint density at radius 3 is 2.83 bits per heavy atom. The van der Waals surface area contributed by atoms with Crippen molar-refractivity contribution < 1.29 is 4.74 Å². The van der Waals surface area contributed by atoms with Gasteiger partial charge in [0.15, 0.2) is 0 Å². The minimum atomic E-state index is 0.363. The minimum Gasteiger partial charge on any atom is -0.377 e. The third-order valence-corrected chi connectivity index (χ3v) is 2.57. The van der Waals surface area contributed by atoms with Gasteiger partial charge in [-0.15, -0.1) is 0 Å². The van der Waals surface area contributed by atoms with Crippen LogP contribution in [0.5, 0.6) is 0 Å². The van der Waals surface area contributed by atoms with Crippen LogP contribution in [0.2, 0.25) is 0 Å². The molecule has 1 saturated heterocycles. The second kappa shape index (κ2) is 4.40. The van der Waals surface area contributed by atoms with Gasteiger partial charge in [-0.3, -0.25) is 4.90 Å². The summed E-state index contributed by atoms with van der Waals surface area (Å²) >= 11 is 3.37. The van der Waals surface area contributed by atoms with Crippen LogP contribution in [0.3, 0.4) is 0 Å². The molecule has 2 atom stereocenters. The first kappa shape index (κ1) is 10.2. The molecular weight excluding hydrogens is 218 g/mol. The molecule has 0 spiro atoms. The Hall–Kier alpha value is 0.140. The molecule has 0 aromatic heterocycles. The van der Waals surface area contributed by atoms with Crippen LogP contribution in [0.4, 0.5) is 0 Å². The molecule has 0 amide bonds. The zero-order valence-electron chi connectivity index (χ0n) is 7.72. The van der Waals surface area contributed by atoms with E-state index in [4.69, 9.17) is 4.74 Å². The number of hydrogen-bond acceptors (Lipinski definition) is 2. The maximum absolute atomic E-state index is 5.48. The van der Waals surface area contributed by atoms with Gasteiger partial charge in [0.1, 0.15) is 0 Å². The monoisotopic (exact) mass is 233 g/mol. The summed E-state index contributed by atoms with van der Waals surface area (Å²) in [7, 11) is 2.11. The second-order valence-electron chi connectivity index (χ2n) is 3.36. The first-order valence-corrected chi connectivity index (χ1v) is 5.05. The fourth-order valence-electron chi connectivity index (χ4n) is 1.69. The summed E-state index contributed by atoms with van der Waals surface area (Å²) in [5.74, 6) is 0. The van der Waals surface area contributed by atoms with Crippen LogP contribution in [-0.2, 0) is 4.74 Å². The van der Waals surface area contributed by atoms with Gasteiger partial charge in [0.2, 0.25) is 0 Å². The molecular formula is C9H16BrNO. The maximum Gasteiger partial charge on any atom is 0.0703 e. The molecule has 12 heavy (non-hydrogen) atoms. The Balaban J connectivity index is 2.40. The van der Waals surface area contributed by atoms with Gasteiger partial charge < -0.3 is 4.74 Å². The Morgan fingerprint density at radius 2 is 2.42 bits per heavy atom. The van der Waals surface area contributed by atoms with E-state index in [1.54, 1.807) is 0 Å². The molecule has 0 aromatic rings. The molecule has 3 heteroatoms. The van der Waals surface area contributed by atoms with Crippen LogP contribution >= 0.6 is 15.9 Å². The summed E-state index contributed by atoms with van der Waals surface area (Å²) in [6.07, 6.45) is 1.50. The average Bonchev–Trinajstić information content (AvgIpc) is 2.33. The summed E-state index contributed by atoms with van der Waals surface area (Å²) in [5.41, 5.74) is 0. The number of nitrogens with zero attached hydrogens (tertiary/aromatic N) is 1. The molecule has 2 unspecified atom stereocenters. The van der Waals surface area contributed by atoms with E-state index in [0.717, 1.165) is 24.1 Å². The van der Waals surface area contributed by atoms with E-state index in [2.05, 4.69) is 41.4 Å². The number of halogens is 1. The van der Waals surface area contributed by atoms with Crippen molar-refractivity contribution in [2.24, 2.45) is 0 Å². The molecule has 1 rings (SSSR count). The summed E-state index contributed by atoms with van der Waals surface area (Å²) in [4.78, 5) is 2.29. The highest BCUT2D eigenvalue weighted by Crippen LogP contribution is 2.19. The van der Waals surface area contributed by atoms with E-state index in [9.17, 15) is 0 Å². The van der Waals surface area contributed by atoms with Crippen LogP contribution in [0.25, 0.3) is 0 Å². The van der Waals surface area contributed by atoms with Gasteiger partial charge in [-0.1, -0.05) is 22.5 Å². The van der Waals surface area contributed by atoms with E-state index in [-0.39, 0.29) is 0 Å². The standard InChI is InChI=1S/C9H16BrNO/c1-7(10)6-11(3)9-4-5-12-8(9)2/h8-9H,1,4-6H2,2-3H3. The summed E-state index contributed by atoms with van der Waals surface area (Å²) in [6, 6.07) is 0.555. The predicted octanol–water partition coefficient (Wildman–Crippen LogP) is 2.00. The Bertz CT molecular complexity index is 172. The zero-order chi connectivity index (χ0) is 9.14. The molecule has 2 nitrogen and oxygen atoms in total. The predicted molar refractivity (Wildman–Crippen MR) is 54.5 cm³/mol. The minimum absolute atomic E-state index is 0.363. The quantitative estimate of drug-likeness (QED) is 0.740. The highest BCUT2D eigenvalue weighted by molar-refractivity contribution is 9.11. The van der Waals surface area contributed by atoms with Gasteiger partial charge in [0, 0.05) is 23.7 Å². The molecule has 0 aromatic carbocycles. The van der Waals surface area contributed by atoms with Crippen molar-refractivity contribution in [3.63, 3.8) is 0 Å². The van der Waals surface area contributed by atoms with Crippen LogP contribution < -0.4 is 0 Å². The largest absolute Gasteiger partial charge is 0.377 e. The molecule has 1 aliphatic rings. The summed E-state index contributed by atoms with van der Waals surface area (Å²) in [5, 5.41) is 0. The van der Waals surface area contributed by atoms with Crippen LogP contribution in [0, 0.1) is 0 Å². The first-order valence-electron chi connectivity index (χ1n) is 4.26. The molecule has 0 saturated carbocycles. The summed E-state index contributed by atoms with van der Waals surface area (Å²) in [6.45, 7) is 7.75. The van der Waals surface area contributed by atoms with E-state index in [1.807, 2.05) is 0 Å². The molecule has 1 aliphatic heterocycles. The molecule has 0 bridgehead atoms. The second-order valence-corrected chi connectivity index (χ2v) is 4.49. The normalized spacial score (nSPS) is 29.7. The van der Waals surface area contributed by atoms with Gasteiger partial charge in [-0.05, 0) is 20.4 Å². The van der Waals surface area contributed by atoms with Crippen molar-refractivity contribution in [1.82, 2.24) is 4.90 Å². The highest BCUT2D eigenvalue weighted by Gasteiger charge is 2.27. The Kier molecular flexibility index (Phi) is 3.75. The number of likely N-dealkylation sites (N-methyl/N-ethyl adjacent to an activating group) is 1.